The van der Waals surface area contributed by atoms with E-state index >= 15 is 0 Å². The van der Waals surface area contributed by atoms with E-state index in [9.17, 15) is 14.4 Å². The molecule has 0 rings (SSSR count). The van der Waals surface area contributed by atoms with Gasteiger partial charge in [-0.25, -0.2) is 4.79 Å². The van der Waals surface area contributed by atoms with Crippen LogP contribution in [0.15, 0.2) is 0 Å². The molecule has 0 aliphatic heterocycles. The van der Waals surface area contributed by atoms with Crippen molar-refractivity contribution in [3.63, 3.8) is 0 Å². The second-order valence-corrected chi connectivity index (χ2v) is 9.93. The highest BCUT2D eigenvalue weighted by atomic mass is 16.6. The van der Waals surface area contributed by atoms with E-state index in [1.807, 2.05) is 0 Å². The molecule has 2 amide bonds. The average molecular weight is 387 g/mol. The van der Waals surface area contributed by atoms with E-state index in [0.29, 0.717) is 6.54 Å². The van der Waals surface area contributed by atoms with Crippen molar-refractivity contribution in [2.24, 2.45) is 5.41 Å². The molecule has 0 spiro atoms. The van der Waals surface area contributed by atoms with Crippen LogP contribution in [0.3, 0.4) is 0 Å². The molecule has 0 saturated carbocycles. The highest BCUT2D eigenvalue weighted by Gasteiger charge is 2.26. The van der Waals surface area contributed by atoms with Crippen LogP contribution in [0.1, 0.15) is 81.6 Å². The monoisotopic (exact) mass is 386 g/mol. The number of carbonyl (C=O) groups excluding carboxylic acids is 3. The Kier molecular flexibility index (Phi) is 9.29. The van der Waals surface area contributed by atoms with Gasteiger partial charge in [-0.05, 0) is 59.8 Å². The highest BCUT2D eigenvalue weighted by molar-refractivity contribution is 5.86. The van der Waals surface area contributed by atoms with Gasteiger partial charge in [-0.2, -0.15) is 0 Å². The summed E-state index contributed by atoms with van der Waals surface area (Å²) in [7, 11) is 0. The molecule has 27 heavy (non-hydrogen) atoms. The topological polar surface area (TPSA) is 93.7 Å². The van der Waals surface area contributed by atoms with Crippen LogP contribution in [-0.4, -0.2) is 41.8 Å². The summed E-state index contributed by atoms with van der Waals surface area (Å²) in [4.78, 5) is 36.5. The van der Waals surface area contributed by atoms with Gasteiger partial charge in [-0.3, -0.25) is 9.59 Å². The third-order valence-corrected chi connectivity index (χ3v) is 3.24. The van der Waals surface area contributed by atoms with Crippen LogP contribution in [0.5, 0.6) is 0 Å². The molecule has 0 bridgehead atoms. The molecule has 0 saturated heterocycles. The lowest BCUT2D eigenvalue weighted by Gasteiger charge is -2.24. The Morgan fingerprint density at radius 3 is 1.81 bits per heavy atom. The number of rotatable bonds is 7. The summed E-state index contributed by atoms with van der Waals surface area (Å²) in [5.41, 5.74) is -1.19. The van der Waals surface area contributed by atoms with E-state index in [1.165, 1.54) is 0 Å². The van der Waals surface area contributed by atoms with Crippen molar-refractivity contribution in [2.45, 2.75) is 98.8 Å². The Morgan fingerprint density at radius 2 is 1.37 bits per heavy atom. The van der Waals surface area contributed by atoms with Gasteiger partial charge in [0.05, 0.1) is 0 Å². The maximum atomic E-state index is 12.5. The summed E-state index contributed by atoms with van der Waals surface area (Å²) in [5.74, 6) is -0.755. The van der Waals surface area contributed by atoms with E-state index in [4.69, 9.17) is 9.47 Å². The molecule has 0 heterocycles. The van der Waals surface area contributed by atoms with Gasteiger partial charge in [-0.15, -0.1) is 0 Å². The average Bonchev–Trinajstić information content (AvgIpc) is 2.37. The van der Waals surface area contributed by atoms with E-state index in [-0.39, 0.29) is 24.2 Å². The number of hydrogen-bond acceptors (Lipinski definition) is 5. The van der Waals surface area contributed by atoms with E-state index in [2.05, 4.69) is 31.4 Å². The Morgan fingerprint density at radius 1 is 0.852 bits per heavy atom. The number of esters is 1. The number of amides is 2. The van der Waals surface area contributed by atoms with E-state index in [0.717, 1.165) is 6.42 Å². The Balaban J connectivity index is 4.85. The molecule has 2 N–H and O–H groups in total. The first kappa shape index (κ1) is 25.2. The summed E-state index contributed by atoms with van der Waals surface area (Å²) in [6, 6.07) is -0.868. The first-order chi connectivity index (χ1) is 12.0. The molecule has 0 aromatic rings. The largest absolute Gasteiger partial charge is 0.460 e. The molecule has 0 aromatic carbocycles. The minimum absolute atomic E-state index is 0.0183. The number of alkyl carbamates (subject to hydrolysis) is 1. The number of ether oxygens (including phenoxy) is 2. The third kappa shape index (κ3) is 15.0. The van der Waals surface area contributed by atoms with Crippen LogP contribution < -0.4 is 10.6 Å². The minimum atomic E-state index is -0.868. The summed E-state index contributed by atoms with van der Waals surface area (Å²) in [5, 5.41) is 5.38. The Labute approximate surface area is 163 Å². The maximum absolute atomic E-state index is 12.5. The van der Waals surface area contributed by atoms with Gasteiger partial charge >= 0.3 is 12.1 Å². The molecule has 158 valence electrons. The fourth-order valence-electron chi connectivity index (χ4n) is 2.06. The smallest absolute Gasteiger partial charge is 0.408 e. The summed E-state index contributed by atoms with van der Waals surface area (Å²) < 4.78 is 10.5. The fraction of sp³-hybridized carbons (Fsp3) is 0.850. The first-order valence-electron chi connectivity index (χ1n) is 9.48. The lowest BCUT2D eigenvalue weighted by atomic mass is 9.92. The molecule has 7 nitrogen and oxygen atoms in total. The SMILES string of the molecule is CC(C)(C)CCNC(=O)C(CCC(=O)OC(C)(C)C)NC(=O)OC(C)(C)C. The normalized spacial score (nSPS) is 13.5. The number of carbonyl (C=O) groups is 3. The predicted molar refractivity (Wildman–Crippen MR) is 105 cm³/mol. The van der Waals surface area contributed by atoms with Crippen molar-refractivity contribution in [1.82, 2.24) is 10.6 Å². The maximum Gasteiger partial charge on any atom is 0.408 e. The van der Waals surface area contributed by atoms with Crippen LogP contribution in [0.4, 0.5) is 4.79 Å². The summed E-state index contributed by atoms with van der Waals surface area (Å²) >= 11 is 0. The van der Waals surface area contributed by atoms with Crippen molar-refractivity contribution in [1.29, 1.82) is 0 Å². The molecule has 0 fully saturated rings. The second kappa shape index (κ2) is 9.95. The fourth-order valence-corrected chi connectivity index (χ4v) is 2.06. The van der Waals surface area contributed by atoms with Gasteiger partial charge in [0, 0.05) is 13.0 Å². The number of nitrogens with one attached hydrogen (secondary N) is 2. The van der Waals surface area contributed by atoms with Crippen molar-refractivity contribution in [3.8, 4) is 0 Å². The van der Waals surface area contributed by atoms with Crippen LogP contribution >= 0.6 is 0 Å². The zero-order valence-electron chi connectivity index (χ0n) is 18.4. The van der Waals surface area contributed by atoms with E-state index in [1.54, 1.807) is 41.5 Å². The molecule has 0 radical (unpaired) electrons. The quantitative estimate of drug-likeness (QED) is 0.653. The van der Waals surface area contributed by atoms with Gasteiger partial charge in [0.15, 0.2) is 0 Å². The van der Waals surface area contributed by atoms with Gasteiger partial charge in [0.25, 0.3) is 0 Å². The first-order valence-corrected chi connectivity index (χ1v) is 9.48. The molecule has 1 unspecified atom stereocenters. The molecule has 0 aromatic heterocycles. The zero-order valence-corrected chi connectivity index (χ0v) is 18.4. The molecule has 0 aliphatic rings. The zero-order chi connectivity index (χ0) is 21.5. The van der Waals surface area contributed by atoms with Gasteiger partial charge in [0.1, 0.15) is 17.2 Å². The third-order valence-electron chi connectivity index (χ3n) is 3.24. The Bertz CT molecular complexity index is 510. The highest BCUT2D eigenvalue weighted by Crippen LogP contribution is 2.17. The molecule has 7 heteroatoms. The minimum Gasteiger partial charge on any atom is -0.460 e. The predicted octanol–water partition coefficient (Wildman–Crippen LogP) is 3.55. The molecular formula is C20H38N2O5. The van der Waals surface area contributed by atoms with Crippen molar-refractivity contribution in [2.75, 3.05) is 6.54 Å². The van der Waals surface area contributed by atoms with Crippen LogP contribution in [0.25, 0.3) is 0 Å². The van der Waals surface area contributed by atoms with Crippen LogP contribution in [0, 0.1) is 5.41 Å². The summed E-state index contributed by atoms with van der Waals surface area (Å²) in [6.45, 7) is 17.3. The Hall–Kier alpha value is -1.79. The van der Waals surface area contributed by atoms with Gasteiger partial charge in [-0.1, -0.05) is 20.8 Å². The van der Waals surface area contributed by atoms with Crippen LogP contribution in [-0.2, 0) is 19.1 Å². The van der Waals surface area contributed by atoms with Gasteiger partial charge in [0.2, 0.25) is 5.91 Å². The standard InChI is InChI=1S/C20H38N2O5/c1-18(2,3)12-13-21-16(24)14(22-17(25)27-20(7,8)9)10-11-15(23)26-19(4,5)6/h14H,10-13H2,1-9H3,(H,21,24)(H,22,25). The van der Waals surface area contributed by atoms with Gasteiger partial charge < -0.3 is 20.1 Å². The van der Waals surface area contributed by atoms with Crippen molar-refractivity contribution in [3.05, 3.63) is 0 Å². The number of hydrogen-bond donors (Lipinski definition) is 2. The van der Waals surface area contributed by atoms with Crippen molar-refractivity contribution >= 4 is 18.0 Å². The molecule has 1 atom stereocenters. The second-order valence-electron chi connectivity index (χ2n) is 9.93. The van der Waals surface area contributed by atoms with E-state index < -0.39 is 29.3 Å². The van der Waals surface area contributed by atoms with Crippen molar-refractivity contribution < 1.29 is 23.9 Å². The van der Waals surface area contributed by atoms with Crippen LogP contribution in [0.2, 0.25) is 0 Å². The lowest BCUT2D eigenvalue weighted by Crippen LogP contribution is -2.48. The molecular weight excluding hydrogens is 348 g/mol. The lowest BCUT2D eigenvalue weighted by molar-refractivity contribution is -0.155. The summed E-state index contributed by atoms with van der Waals surface area (Å²) in [6.07, 6.45) is 0.256. The molecule has 0 aliphatic carbocycles.